The molecule has 1 fully saturated rings. The molecule has 3 unspecified atom stereocenters. The van der Waals surface area contributed by atoms with E-state index >= 15 is 0 Å². The van der Waals surface area contributed by atoms with Crippen molar-refractivity contribution in [2.45, 2.75) is 64.5 Å². The highest BCUT2D eigenvalue weighted by Crippen LogP contribution is 2.27. The number of carboxylic acids is 1. The first-order chi connectivity index (χ1) is 8.89. The zero-order valence-electron chi connectivity index (χ0n) is 12.9. The van der Waals surface area contributed by atoms with Crippen LogP contribution in [0, 0.1) is 5.92 Å². The minimum absolute atomic E-state index is 0.628. The normalized spacial score (nSPS) is 27.2. The van der Waals surface area contributed by atoms with Gasteiger partial charge in [0.2, 0.25) is 0 Å². The molecule has 0 aliphatic heterocycles. The zero-order chi connectivity index (χ0) is 14.5. The molecule has 0 aromatic heterocycles. The largest absolute Gasteiger partial charge is 0.480 e. The van der Waals surface area contributed by atoms with Crippen molar-refractivity contribution in [2.75, 3.05) is 20.1 Å². The quantitative estimate of drug-likeness (QED) is 0.745. The van der Waals surface area contributed by atoms with Gasteiger partial charge in [0.15, 0.2) is 0 Å². The van der Waals surface area contributed by atoms with Crippen molar-refractivity contribution in [1.82, 2.24) is 10.2 Å². The fraction of sp³-hybridized carbons (Fsp3) is 0.933. The van der Waals surface area contributed by atoms with Gasteiger partial charge in [0.25, 0.3) is 0 Å². The third-order valence-electron chi connectivity index (χ3n) is 4.54. The molecule has 0 aromatic rings. The number of carbonyl (C=O) groups is 1. The van der Waals surface area contributed by atoms with Crippen LogP contribution in [-0.4, -0.2) is 47.7 Å². The van der Waals surface area contributed by atoms with Gasteiger partial charge in [-0.2, -0.15) is 0 Å². The molecule has 4 nitrogen and oxygen atoms in total. The summed E-state index contributed by atoms with van der Waals surface area (Å²) in [5.41, 5.74) is -0.802. The molecule has 0 amide bonds. The Morgan fingerprint density at radius 1 is 1.47 bits per heavy atom. The summed E-state index contributed by atoms with van der Waals surface area (Å²) >= 11 is 0. The van der Waals surface area contributed by atoms with E-state index in [4.69, 9.17) is 0 Å². The van der Waals surface area contributed by atoms with Crippen LogP contribution in [0.15, 0.2) is 0 Å². The molecule has 4 heteroatoms. The lowest BCUT2D eigenvalue weighted by Crippen LogP contribution is -2.51. The second kappa shape index (κ2) is 7.25. The highest BCUT2D eigenvalue weighted by molar-refractivity contribution is 5.78. The van der Waals surface area contributed by atoms with Crippen LogP contribution in [0.2, 0.25) is 0 Å². The highest BCUT2D eigenvalue weighted by Gasteiger charge is 2.33. The van der Waals surface area contributed by atoms with Gasteiger partial charge in [-0.25, -0.2) is 0 Å². The smallest absolute Gasteiger partial charge is 0.323 e. The van der Waals surface area contributed by atoms with Crippen LogP contribution in [0.25, 0.3) is 0 Å². The summed E-state index contributed by atoms with van der Waals surface area (Å²) in [6, 6.07) is 0.628. The third-order valence-corrected chi connectivity index (χ3v) is 4.54. The molecule has 0 radical (unpaired) electrons. The van der Waals surface area contributed by atoms with Crippen LogP contribution in [0.4, 0.5) is 0 Å². The van der Waals surface area contributed by atoms with Crippen LogP contribution in [0.3, 0.4) is 0 Å². The fourth-order valence-corrected chi connectivity index (χ4v) is 3.05. The van der Waals surface area contributed by atoms with Crippen LogP contribution in [0.1, 0.15) is 52.9 Å². The molecule has 1 rings (SSSR count). The van der Waals surface area contributed by atoms with Gasteiger partial charge in [0, 0.05) is 12.6 Å². The van der Waals surface area contributed by atoms with Crippen molar-refractivity contribution in [1.29, 1.82) is 0 Å². The van der Waals surface area contributed by atoms with E-state index in [9.17, 15) is 9.90 Å². The molecule has 0 spiro atoms. The summed E-state index contributed by atoms with van der Waals surface area (Å²) in [5.74, 6) is 0.0561. The minimum Gasteiger partial charge on any atom is -0.480 e. The molecule has 3 atom stereocenters. The number of hydrogen-bond acceptors (Lipinski definition) is 3. The summed E-state index contributed by atoms with van der Waals surface area (Å²) in [6.07, 6.45) is 5.80. The Labute approximate surface area is 117 Å². The Balaban J connectivity index is 2.47. The van der Waals surface area contributed by atoms with Gasteiger partial charge in [0.1, 0.15) is 5.54 Å². The number of carboxylic acid groups (broad SMARTS) is 1. The lowest BCUT2D eigenvalue weighted by molar-refractivity contribution is -0.144. The summed E-state index contributed by atoms with van der Waals surface area (Å²) in [7, 11) is 2.14. The molecule has 0 bridgehead atoms. The van der Waals surface area contributed by atoms with Gasteiger partial charge in [-0.1, -0.05) is 26.7 Å². The number of hydrogen-bond donors (Lipinski definition) is 2. The molecular weight excluding hydrogens is 240 g/mol. The first-order valence-corrected chi connectivity index (χ1v) is 7.57. The van der Waals surface area contributed by atoms with E-state index < -0.39 is 11.5 Å². The fourth-order valence-electron chi connectivity index (χ4n) is 3.05. The molecule has 1 saturated carbocycles. The molecule has 2 N–H and O–H groups in total. The topological polar surface area (TPSA) is 52.6 Å². The number of nitrogens with one attached hydrogen (secondary N) is 1. The van der Waals surface area contributed by atoms with E-state index in [1.165, 1.54) is 25.7 Å². The van der Waals surface area contributed by atoms with Gasteiger partial charge in [0.05, 0.1) is 0 Å². The van der Waals surface area contributed by atoms with E-state index in [-0.39, 0.29) is 0 Å². The average Bonchev–Trinajstić information content (AvgIpc) is 2.36. The van der Waals surface area contributed by atoms with Gasteiger partial charge in [-0.15, -0.1) is 0 Å². The standard InChI is InChI=1S/C15H30N2O2/c1-5-16-15(3,14(18)19)9-10-17(4)13-8-6-7-12(2)11-13/h12-13,16H,5-11H2,1-4H3,(H,18,19). The second-order valence-corrected chi connectivity index (χ2v) is 6.32. The van der Waals surface area contributed by atoms with E-state index in [0.29, 0.717) is 19.0 Å². The molecule has 1 aliphatic rings. The summed E-state index contributed by atoms with van der Waals surface area (Å²) in [6.45, 7) is 7.59. The van der Waals surface area contributed by atoms with Crippen molar-refractivity contribution in [2.24, 2.45) is 5.92 Å². The highest BCUT2D eigenvalue weighted by atomic mass is 16.4. The first-order valence-electron chi connectivity index (χ1n) is 7.57. The van der Waals surface area contributed by atoms with E-state index in [1.807, 2.05) is 6.92 Å². The van der Waals surface area contributed by atoms with Crippen LogP contribution < -0.4 is 5.32 Å². The number of likely N-dealkylation sites (N-methyl/N-ethyl adjacent to an activating group) is 1. The molecule has 0 heterocycles. The van der Waals surface area contributed by atoms with E-state index in [2.05, 4.69) is 24.2 Å². The van der Waals surface area contributed by atoms with Gasteiger partial charge in [-0.05, 0) is 45.7 Å². The van der Waals surface area contributed by atoms with Crippen LogP contribution >= 0.6 is 0 Å². The van der Waals surface area contributed by atoms with Gasteiger partial charge < -0.3 is 15.3 Å². The predicted octanol–water partition coefficient (Wildman–Crippen LogP) is 2.34. The number of aliphatic carboxylic acids is 1. The summed E-state index contributed by atoms with van der Waals surface area (Å²) < 4.78 is 0. The average molecular weight is 270 g/mol. The molecule has 0 saturated heterocycles. The lowest BCUT2D eigenvalue weighted by atomic mass is 9.86. The Hall–Kier alpha value is -0.610. The van der Waals surface area contributed by atoms with Gasteiger partial charge in [-0.3, -0.25) is 4.79 Å². The monoisotopic (exact) mass is 270 g/mol. The summed E-state index contributed by atoms with van der Waals surface area (Å²) in [4.78, 5) is 13.7. The SMILES string of the molecule is CCNC(C)(CCN(C)C1CCCC(C)C1)C(=O)O. The first kappa shape index (κ1) is 16.4. The molecule has 1 aliphatic carbocycles. The van der Waals surface area contributed by atoms with Crippen molar-refractivity contribution >= 4 is 5.97 Å². The molecular formula is C15H30N2O2. The van der Waals surface area contributed by atoms with Crippen molar-refractivity contribution in [3.05, 3.63) is 0 Å². The Bertz CT molecular complexity index is 296. The third kappa shape index (κ3) is 4.77. The molecule has 112 valence electrons. The molecule has 19 heavy (non-hydrogen) atoms. The van der Waals surface area contributed by atoms with E-state index in [0.717, 1.165) is 12.5 Å². The van der Waals surface area contributed by atoms with Crippen LogP contribution in [0.5, 0.6) is 0 Å². The Morgan fingerprint density at radius 2 is 2.16 bits per heavy atom. The maximum absolute atomic E-state index is 11.4. The van der Waals surface area contributed by atoms with E-state index in [1.54, 1.807) is 6.92 Å². The zero-order valence-corrected chi connectivity index (χ0v) is 12.9. The number of rotatable bonds is 7. The summed E-state index contributed by atoms with van der Waals surface area (Å²) in [5, 5.41) is 12.4. The Kier molecular flexibility index (Phi) is 6.27. The maximum atomic E-state index is 11.4. The van der Waals surface area contributed by atoms with Crippen molar-refractivity contribution in [3.8, 4) is 0 Å². The minimum atomic E-state index is -0.802. The van der Waals surface area contributed by atoms with Crippen molar-refractivity contribution < 1.29 is 9.90 Å². The lowest BCUT2D eigenvalue weighted by Gasteiger charge is -2.36. The predicted molar refractivity (Wildman–Crippen MR) is 78.4 cm³/mol. The second-order valence-electron chi connectivity index (χ2n) is 6.32. The molecule has 0 aromatic carbocycles. The number of nitrogens with zero attached hydrogens (tertiary/aromatic N) is 1. The van der Waals surface area contributed by atoms with Crippen LogP contribution in [-0.2, 0) is 4.79 Å². The van der Waals surface area contributed by atoms with Crippen molar-refractivity contribution in [3.63, 3.8) is 0 Å². The maximum Gasteiger partial charge on any atom is 0.323 e. The van der Waals surface area contributed by atoms with Gasteiger partial charge >= 0.3 is 5.97 Å². The Morgan fingerprint density at radius 3 is 2.68 bits per heavy atom.